The number of esters is 1. The van der Waals surface area contributed by atoms with Gasteiger partial charge in [0, 0.05) is 7.92 Å². The molecular weight excluding hydrogens is 318 g/mol. The number of carboxylic acid groups (broad SMARTS) is 1. The number of nitrogens with one attached hydrogen (secondary N) is 1. The molecule has 0 heterocycles. The fraction of sp³-hybridized carbons (Fsp3) is 0.438. The predicted octanol–water partition coefficient (Wildman–Crippen LogP) is 1.97. The van der Waals surface area contributed by atoms with Crippen molar-refractivity contribution in [3.05, 3.63) is 24.3 Å². The summed E-state index contributed by atoms with van der Waals surface area (Å²) in [5.41, 5.74) is 0. The SMILES string of the molecule is [3H]CCOc1ccccc1OC(=O)NCCCOC(=O)CCC(=O)O. The molecule has 0 atom stereocenters. The van der Waals surface area contributed by atoms with Gasteiger partial charge in [0.15, 0.2) is 11.5 Å². The van der Waals surface area contributed by atoms with E-state index >= 15 is 0 Å². The molecule has 8 heteroatoms. The monoisotopic (exact) mass is 341 g/mol. The normalized spacial score (nSPS) is 10.4. The first kappa shape index (κ1) is 17.6. The number of hydrogen-bond donors (Lipinski definition) is 2. The third-order valence-electron chi connectivity index (χ3n) is 2.71. The number of aliphatic carboxylic acids is 1. The number of para-hydroxylation sites is 2. The third-order valence-corrected chi connectivity index (χ3v) is 2.71. The van der Waals surface area contributed by atoms with Crippen LogP contribution in [0.5, 0.6) is 11.5 Å². The molecule has 0 spiro atoms. The van der Waals surface area contributed by atoms with E-state index in [-0.39, 0.29) is 45.2 Å². The molecule has 0 unspecified atom stereocenters. The lowest BCUT2D eigenvalue weighted by atomic mass is 10.3. The van der Waals surface area contributed by atoms with Crippen LogP contribution in [0.15, 0.2) is 24.3 Å². The summed E-state index contributed by atoms with van der Waals surface area (Å²) in [6.45, 7) is 0.573. The zero-order chi connectivity index (χ0) is 18.5. The van der Waals surface area contributed by atoms with Gasteiger partial charge in [0.2, 0.25) is 0 Å². The minimum absolute atomic E-state index is 0.0714. The molecule has 2 N–H and O–H groups in total. The molecule has 0 fully saturated rings. The van der Waals surface area contributed by atoms with Gasteiger partial charge in [-0.25, -0.2) is 4.79 Å². The van der Waals surface area contributed by atoms with Gasteiger partial charge in [-0.1, -0.05) is 12.1 Å². The van der Waals surface area contributed by atoms with Crippen molar-refractivity contribution >= 4 is 18.0 Å². The molecule has 0 bridgehead atoms. The van der Waals surface area contributed by atoms with Gasteiger partial charge >= 0.3 is 18.0 Å². The van der Waals surface area contributed by atoms with E-state index < -0.39 is 18.0 Å². The number of benzene rings is 1. The largest absolute Gasteiger partial charge is 0.490 e. The summed E-state index contributed by atoms with van der Waals surface area (Å²) >= 11 is 0. The van der Waals surface area contributed by atoms with Crippen LogP contribution in [0.4, 0.5) is 4.79 Å². The highest BCUT2D eigenvalue weighted by atomic mass is 16.6. The molecule has 1 rings (SSSR count). The van der Waals surface area contributed by atoms with Gasteiger partial charge in [0.05, 0.1) is 26.1 Å². The number of carboxylic acids is 1. The molecule has 0 radical (unpaired) electrons. The quantitative estimate of drug-likeness (QED) is 0.494. The van der Waals surface area contributed by atoms with Crippen molar-refractivity contribution in [2.45, 2.75) is 26.2 Å². The number of hydrogen-bond acceptors (Lipinski definition) is 6. The summed E-state index contributed by atoms with van der Waals surface area (Å²) in [5.74, 6) is -1.04. The molecule has 0 aliphatic heterocycles. The molecule has 1 aromatic carbocycles. The molecule has 0 aliphatic carbocycles. The molecule has 8 nitrogen and oxygen atoms in total. The molecule has 0 aromatic heterocycles. The summed E-state index contributed by atoms with van der Waals surface area (Å²) in [5, 5.41) is 10.9. The van der Waals surface area contributed by atoms with Crippen molar-refractivity contribution in [1.82, 2.24) is 5.32 Å². The van der Waals surface area contributed by atoms with Crippen LogP contribution >= 0.6 is 0 Å². The van der Waals surface area contributed by atoms with E-state index in [0.29, 0.717) is 12.2 Å². The lowest BCUT2D eigenvalue weighted by Gasteiger charge is -2.11. The molecule has 24 heavy (non-hydrogen) atoms. The second-order valence-electron chi connectivity index (χ2n) is 4.58. The first-order valence-corrected chi connectivity index (χ1v) is 7.37. The van der Waals surface area contributed by atoms with Crippen LogP contribution in [0.25, 0.3) is 0 Å². The average Bonchev–Trinajstić information content (AvgIpc) is 2.59. The molecule has 1 amide bonds. The predicted molar refractivity (Wildman–Crippen MR) is 84.1 cm³/mol. The van der Waals surface area contributed by atoms with Gasteiger partial charge in [-0.2, -0.15) is 0 Å². The second kappa shape index (κ2) is 10.9. The fourth-order valence-corrected chi connectivity index (χ4v) is 1.63. The Morgan fingerprint density at radius 3 is 2.67 bits per heavy atom. The number of rotatable bonds is 10. The van der Waals surface area contributed by atoms with Gasteiger partial charge in [0.25, 0.3) is 0 Å². The van der Waals surface area contributed by atoms with E-state index in [1.54, 1.807) is 24.3 Å². The molecule has 0 saturated carbocycles. The Kier molecular flexibility index (Phi) is 7.97. The van der Waals surface area contributed by atoms with E-state index in [2.05, 4.69) is 5.32 Å². The fourth-order valence-electron chi connectivity index (χ4n) is 1.63. The van der Waals surface area contributed by atoms with E-state index in [1.807, 2.05) is 0 Å². The standard InChI is InChI=1S/C16H21NO7/c1-2-22-12-6-3-4-7-13(12)24-16(21)17-10-5-11-23-15(20)9-8-14(18)19/h3-4,6-7H,2,5,8-11H2,1H3,(H,17,21)(H,18,19)/i1T. The van der Waals surface area contributed by atoms with Crippen LogP contribution in [0.2, 0.25) is 0 Å². The van der Waals surface area contributed by atoms with Crippen LogP contribution in [-0.4, -0.2) is 42.9 Å². The first-order valence-electron chi connectivity index (χ1n) is 8.07. The van der Waals surface area contributed by atoms with Crippen molar-refractivity contribution in [1.29, 1.82) is 0 Å². The van der Waals surface area contributed by atoms with Gasteiger partial charge in [0.1, 0.15) is 0 Å². The molecule has 1 aromatic rings. The van der Waals surface area contributed by atoms with Crippen LogP contribution in [0.1, 0.15) is 27.5 Å². The van der Waals surface area contributed by atoms with Crippen molar-refractivity contribution in [2.75, 3.05) is 19.8 Å². The Labute approximate surface area is 141 Å². The van der Waals surface area contributed by atoms with E-state index in [4.69, 9.17) is 20.7 Å². The average molecular weight is 341 g/mol. The highest BCUT2D eigenvalue weighted by Gasteiger charge is 2.09. The minimum Gasteiger partial charge on any atom is -0.490 e. The maximum Gasteiger partial charge on any atom is 0.412 e. The Bertz CT molecular complexity index is 579. The summed E-state index contributed by atoms with van der Waals surface area (Å²) in [7, 11) is 0. The van der Waals surface area contributed by atoms with Crippen molar-refractivity contribution in [3.8, 4) is 11.5 Å². The molecule has 132 valence electrons. The first-order chi connectivity index (χ1) is 12.0. The van der Waals surface area contributed by atoms with E-state index in [1.165, 1.54) is 0 Å². The third kappa shape index (κ3) is 8.02. The van der Waals surface area contributed by atoms with Crippen LogP contribution < -0.4 is 14.8 Å². The van der Waals surface area contributed by atoms with Gasteiger partial charge < -0.3 is 24.6 Å². The van der Waals surface area contributed by atoms with Gasteiger partial charge in [-0.3, -0.25) is 9.59 Å². The van der Waals surface area contributed by atoms with E-state index in [0.717, 1.165) is 0 Å². The Morgan fingerprint density at radius 1 is 1.21 bits per heavy atom. The summed E-state index contributed by atoms with van der Waals surface area (Å²) in [6.07, 6.45) is -0.769. The van der Waals surface area contributed by atoms with E-state index in [9.17, 15) is 14.4 Å². The molecular formula is C16H21NO7. The summed E-state index contributed by atoms with van der Waals surface area (Å²) in [6, 6.07) is 6.62. The van der Waals surface area contributed by atoms with Gasteiger partial charge in [-0.05, 0) is 25.5 Å². The minimum atomic E-state index is -1.06. The lowest BCUT2D eigenvalue weighted by molar-refractivity contribution is -0.147. The number of carbonyl (C=O) groups is 3. The number of amides is 1. The Morgan fingerprint density at radius 2 is 1.96 bits per heavy atom. The smallest absolute Gasteiger partial charge is 0.412 e. The zero-order valence-electron chi connectivity index (χ0n) is 14.2. The van der Waals surface area contributed by atoms with Crippen LogP contribution in [0, 0.1) is 0 Å². The van der Waals surface area contributed by atoms with Crippen LogP contribution in [-0.2, 0) is 14.3 Å². The summed E-state index contributed by atoms with van der Waals surface area (Å²) < 4.78 is 22.3. The van der Waals surface area contributed by atoms with Crippen molar-refractivity contribution < 1.29 is 35.1 Å². The lowest BCUT2D eigenvalue weighted by Crippen LogP contribution is -2.28. The van der Waals surface area contributed by atoms with Crippen molar-refractivity contribution in [2.24, 2.45) is 0 Å². The zero-order valence-corrected chi connectivity index (χ0v) is 13.2. The van der Waals surface area contributed by atoms with Gasteiger partial charge in [-0.15, -0.1) is 0 Å². The summed E-state index contributed by atoms with van der Waals surface area (Å²) in [4.78, 5) is 33.2. The topological polar surface area (TPSA) is 111 Å². The highest BCUT2D eigenvalue weighted by molar-refractivity contribution is 5.76. The second-order valence-corrected chi connectivity index (χ2v) is 4.58. The Balaban J connectivity index is 2.23. The number of carbonyl (C=O) groups excluding carboxylic acids is 2. The highest BCUT2D eigenvalue weighted by Crippen LogP contribution is 2.26. The molecule has 0 saturated heterocycles. The van der Waals surface area contributed by atoms with Crippen LogP contribution in [0.3, 0.4) is 0 Å². The maximum absolute atomic E-state index is 11.7. The van der Waals surface area contributed by atoms with Crippen molar-refractivity contribution in [3.63, 3.8) is 0 Å². The number of ether oxygens (including phenoxy) is 3. The molecule has 0 aliphatic rings. The maximum atomic E-state index is 11.7. The Hall–Kier alpha value is -2.77.